The predicted octanol–water partition coefficient (Wildman–Crippen LogP) is 8.58. The summed E-state index contributed by atoms with van der Waals surface area (Å²) in [7, 11) is 0. The fraction of sp³-hybridized carbons (Fsp3) is 0. The number of nitrogens with one attached hydrogen (secondary N) is 2. The Balaban J connectivity index is 0.000000257. The Hall–Kier alpha value is -5.73. The topological polar surface area (TPSA) is 125 Å². The number of H-pyrrole nitrogens is 2. The van der Waals surface area contributed by atoms with Gasteiger partial charge in [0.1, 0.15) is 5.69 Å². The standard InChI is InChI=1S/C19H7BrF5N2O2.C19H9F5N2O2.Co.Fe/c20-9-6-27-19(29)11(8-4-2-1-3-5-8)12(9)10(28)7-26-18-16(24)14(22)13(21)15(23)17(18)25;20-13-14(21)16(23)18(17(24)15(13)22)25-8-12(27)10-6-7-11(26-19(10)28)9-4-2-1-3-5-9;;/h1-4,6-7H,(H,27,29);1-8H,(H,26,28);;. The van der Waals surface area contributed by atoms with Gasteiger partial charge in [-0.15, -0.1) is 0 Å². The molecule has 59 heavy (non-hydrogen) atoms. The SMILES string of the molecule is O=C(C=Nc1c(F)c(F)c(F)c(F)c1F)c1c(Br)c[nH]c(=O)c1-c1cccc[c]1[Fe].O=C(C=Nc1c(F)c(F)c(F)c(F)c1F)c1ccc(-c2ccccc2)[nH]c1=O.[Co]. The summed E-state index contributed by atoms with van der Waals surface area (Å²) < 4.78 is 134. The van der Waals surface area contributed by atoms with E-state index in [2.05, 4.69) is 51.9 Å². The van der Waals surface area contributed by atoms with Crippen molar-refractivity contribution in [1.82, 2.24) is 9.97 Å². The van der Waals surface area contributed by atoms with Crippen LogP contribution in [0.3, 0.4) is 0 Å². The number of nitrogens with zero attached hydrogens (tertiary/aromatic N) is 2. The Labute approximate surface area is 350 Å². The molecule has 2 N–H and O–H groups in total. The van der Waals surface area contributed by atoms with Gasteiger partial charge in [-0.3, -0.25) is 9.59 Å². The van der Waals surface area contributed by atoms with Crippen molar-refractivity contribution >= 4 is 55.8 Å². The van der Waals surface area contributed by atoms with Gasteiger partial charge >= 0.3 is 182 Å². The van der Waals surface area contributed by atoms with Crippen molar-refractivity contribution in [3.8, 4) is 22.4 Å². The zero-order valence-electron chi connectivity index (χ0n) is 28.5. The van der Waals surface area contributed by atoms with Gasteiger partial charge in [0.15, 0.2) is 23.3 Å². The molecule has 0 atom stereocenters. The summed E-state index contributed by atoms with van der Waals surface area (Å²) in [6, 6.07) is 17.6. The number of Topliss-reactive ketones (excluding diaryl/α,β-unsaturated/α-hetero) is 2. The number of rotatable bonds is 8. The summed E-state index contributed by atoms with van der Waals surface area (Å²) in [6.07, 6.45) is 1.84. The number of halogens is 11. The molecule has 0 fully saturated rings. The van der Waals surface area contributed by atoms with Crippen LogP contribution in [0.4, 0.5) is 55.3 Å². The van der Waals surface area contributed by atoms with Gasteiger partial charge in [-0.1, -0.05) is 30.3 Å². The minimum atomic E-state index is -2.35. The molecule has 21 heteroatoms. The van der Waals surface area contributed by atoms with E-state index < -0.39 is 97.8 Å². The minimum absolute atomic E-state index is 0. The van der Waals surface area contributed by atoms with Gasteiger partial charge in [-0.2, -0.15) is 0 Å². The van der Waals surface area contributed by atoms with E-state index in [0.29, 0.717) is 33.7 Å². The second-order valence-electron chi connectivity index (χ2n) is 11.2. The molecule has 4 aromatic carbocycles. The first-order valence-corrected chi connectivity index (χ1v) is 16.9. The average Bonchev–Trinajstić information content (AvgIpc) is 3.22. The number of carbonyl (C=O) groups is 2. The van der Waals surface area contributed by atoms with Crippen LogP contribution in [0.25, 0.3) is 22.4 Å². The molecule has 0 aliphatic carbocycles. The van der Waals surface area contributed by atoms with Gasteiger partial charge in [0.05, 0.1) is 11.8 Å². The van der Waals surface area contributed by atoms with E-state index in [9.17, 15) is 63.1 Å². The normalized spacial score (nSPS) is 11.1. The maximum atomic E-state index is 13.8. The van der Waals surface area contributed by atoms with E-state index in [1.165, 1.54) is 12.1 Å². The maximum absolute atomic E-state index is 13.8. The number of aromatic nitrogens is 2. The van der Waals surface area contributed by atoms with Crippen LogP contribution in [-0.2, 0) is 32.8 Å². The Morgan fingerprint density at radius 1 is 0.593 bits per heavy atom. The fourth-order valence-corrected chi connectivity index (χ4v) is 5.75. The molecule has 8 nitrogen and oxygen atoms in total. The number of benzene rings is 4. The van der Waals surface area contributed by atoms with Gasteiger partial charge in [-0.05, 0) is 17.7 Å². The first-order chi connectivity index (χ1) is 27.5. The van der Waals surface area contributed by atoms with Gasteiger partial charge in [0.2, 0.25) is 11.6 Å². The van der Waals surface area contributed by atoms with Crippen molar-refractivity contribution in [1.29, 1.82) is 0 Å². The van der Waals surface area contributed by atoms with E-state index in [1.54, 1.807) is 48.5 Å². The third kappa shape index (κ3) is 9.60. The summed E-state index contributed by atoms with van der Waals surface area (Å²) in [6.45, 7) is 0. The summed E-state index contributed by atoms with van der Waals surface area (Å²) in [4.78, 5) is 60.3. The largest absolute Gasteiger partial charge is 0.321 e. The van der Waals surface area contributed by atoms with Crippen molar-refractivity contribution in [2.75, 3.05) is 0 Å². The molecule has 0 spiro atoms. The molecule has 1 radical (unpaired) electrons. The molecule has 0 saturated carbocycles. The molecule has 0 aliphatic rings. The van der Waals surface area contributed by atoms with E-state index in [4.69, 9.17) is 0 Å². The summed E-state index contributed by atoms with van der Waals surface area (Å²) >= 11 is 6.88. The molecular formula is C38H16BrCoF10FeN4O4. The molecule has 0 amide bonds. The van der Waals surface area contributed by atoms with Crippen LogP contribution in [0.15, 0.2) is 97.0 Å². The van der Waals surface area contributed by atoms with Crippen molar-refractivity contribution in [2.45, 2.75) is 0 Å². The number of hydrogen-bond acceptors (Lipinski definition) is 6. The zero-order valence-corrected chi connectivity index (χ0v) is 32.2. The van der Waals surface area contributed by atoms with Crippen LogP contribution in [0.5, 0.6) is 0 Å². The van der Waals surface area contributed by atoms with Gasteiger partial charge < -0.3 is 4.98 Å². The summed E-state index contributed by atoms with van der Waals surface area (Å²) in [5, 5.41) is 0. The number of hydrogen-bond donors (Lipinski definition) is 2. The smallest absolute Gasteiger partial charge is 0.259 e. The maximum Gasteiger partial charge on any atom is 0.259 e. The van der Waals surface area contributed by atoms with Crippen molar-refractivity contribution < 1.29 is 86.3 Å². The molecular weight excluding hydrogens is 961 g/mol. The number of aliphatic imine (C=N–C) groups is 2. The average molecular weight is 977 g/mol. The summed E-state index contributed by atoms with van der Waals surface area (Å²) in [5.74, 6) is -24.3. The Morgan fingerprint density at radius 2 is 1.05 bits per heavy atom. The van der Waals surface area contributed by atoms with E-state index in [0.717, 1.165) is 12.3 Å². The Morgan fingerprint density at radius 3 is 1.54 bits per heavy atom. The number of pyridine rings is 2. The van der Waals surface area contributed by atoms with Gasteiger partial charge in [0, 0.05) is 22.5 Å². The third-order valence-electron chi connectivity index (χ3n) is 7.68. The van der Waals surface area contributed by atoms with Crippen molar-refractivity contribution in [3.63, 3.8) is 0 Å². The van der Waals surface area contributed by atoms with Crippen LogP contribution in [0.1, 0.15) is 20.7 Å². The van der Waals surface area contributed by atoms with E-state index in [1.807, 2.05) is 0 Å². The quantitative estimate of drug-likeness (QED) is 0.0396. The first kappa shape index (κ1) is 46.0. The molecule has 0 aliphatic heterocycles. The Bertz CT molecular complexity index is 2770. The zero-order chi connectivity index (χ0) is 42.6. The molecule has 306 valence electrons. The third-order valence-corrected chi connectivity index (χ3v) is 8.79. The van der Waals surface area contributed by atoms with Crippen molar-refractivity contribution in [2.24, 2.45) is 9.98 Å². The monoisotopic (exact) mass is 976 g/mol. The van der Waals surface area contributed by atoms with Crippen molar-refractivity contribution in [3.05, 3.63) is 167 Å². The number of aromatic amines is 2. The Kier molecular flexibility index (Phi) is 15.1. The van der Waals surface area contributed by atoms with Crippen LogP contribution >= 0.6 is 15.9 Å². The van der Waals surface area contributed by atoms with Crippen LogP contribution < -0.4 is 15.6 Å². The minimum Gasteiger partial charge on any atom is -0.321 e. The number of ketones is 2. The molecule has 6 aromatic rings. The van der Waals surface area contributed by atoms with Gasteiger partial charge in [0.25, 0.3) is 5.56 Å². The van der Waals surface area contributed by atoms with Crippen LogP contribution in [-0.4, -0.2) is 34.0 Å². The van der Waals surface area contributed by atoms with Gasteiger partial charge in [-0.25, -0.2) is 26.9 Å². The molecule has 6 rings (SSSR count). The second-order valence-corrected chi connectivity index (χ2v) is 12.7. The van der Waals surface area contributed by atoms with E-state index >= 15 is 0 Å². The van der Waals surface area contributed by atoms with Crippen LogP contribution in [0, 0.1) is 58.2 Å². The predicted molar refractivity (Wildman–Crippen MR) is 190 cm³/mol. The second kappa shape index (κ2) is 19.3. The first-order valence-electron chi connectivity index (χ1n) is 15.6. The molecule has 0 bridgehead atoms. The molecule has 0 saturated heterocycles. The molecule has 2 heterocycles. The number of carbonyl (C=O) groups excluding carboxylic acids is 2. The fourth-order valence-electron chi connectivity index (χ4n) is 4.91. The molecule has 0 unspecified atom stereocenters. The van der Waals surface area contributed by atoms with Crippen LogP contribution in [0.2, 0.25) is 0 Å². The molecule has 2 aromatic heterocycles. The van der Waals surface area contributed by atoms with E-state index in [-0.39, 0.29) is 32.4 Å². The summed E-state index contributed by atoms with van der Waals surface area (Å²) in [5.41, 5.74) is -3.90.